The third kappa shape index (κ3) is 3.61. The highest BCUT2D eigenvalue weighted by atomic mass is 16.2. The van der Waals surface area contributed by atoms with Crippen molar-refractivity contribution in [2.75, 3.05) is 0 Å². The van der Waals surface area contributed by atoms with Gasteiger partial charge in [0.05, 0.1) is 17.0 Å². The molecule has 2 N–H and O–H groups in total. The number of aryl methyl sites for hydroxylation is 1. The molecule has 7 heteroatoms. The summed E-state index contributed by atoms with van der Waals surface area (Å²) in [5.74, 6) is -0.335. The van der Waals surface area contributed by atoms with Gasteiger partial charge in [-0.3, -0.25) is 19.1 Å². The Kier molecular flexibility index (Phi) is 5.18. The van der Waals surface area contributed by atoms with E-state index in [2.05, 4.69) is 15.3 Å². The van der Waals surface area contributed by atoms with Crippen LogP contribution in [-0.2, 0) is 6.54 Å². The first-order valence-corrected chi connectivity index (χ1v) is 9.90. The third-order valence-corrected chi connectivity index (χ3v) is 5.16. The van der Waals surface area contributed by atoms with E-state index in [1.165, 1.54) is 16.8 Å². The fourth-order valence-corrected chi connectivity index (χ4v) is 3.56. The van der Waals surface area contributed by atoms with Gasteiger partial charge in [-0.1, -0.05) is 43.3 Å². The lowest BCUT2D eigenvalue weighted by Crippen LogP contribution is -2.31. The van der Waals surface area contributed by atoms with Gasteiger partial charge >= 0.3 is 5.69 Å². The number of H-pyrrole nitrogens is 1. The van der Waals surface area contributed by atoms with Crippen LogP contribution in [0.4, 0.5) is 0 Å². The number of benzene rings is 2. The number of fused-ring (bicyclic) bond motifs is 2. The normalized spacial score (nSPS) is 12.2. The average Bonchev–Trinajstić information content (AvgIpc) is 2.75. The summed E-state index contributed by atoms with van der Waals surface area (Å²) in [4.78, 5) is 43.6. The van der Waals surface area contributed by atoms with Gasteiger partial charge in [0.25, 0.3) is 11.5 Å². The van der Waals surface area contributed by atoms with Crippen molar-refractivity contribution in [3.63, 3.8) is 0 Å². The van der Waals surface area contributed by atoms with Crippen molar-refractivity contribution in [3.8, 4) is 0 Å². The lowest BCUT2D eigenvalue weighted by molar-refractivity contribution is 0.0939. The first-order valence-electron chi connectivity index (χ1n) is 9.90. The largest absolute Gasteiger partial charge is 0.345 e. The molecule has 0 fully saturated rings. The van der Waals surface area contributed by atoms with E-state index in [1.807, 2.05) is 56.3 Å². The first-order chi connectivity index (χ1) is 14.5. The van der Waals surface area contributed by atoms with Crippen LogP contribution in [0.5, 0.6) is 0 Å². The van der Waals surface area contributed by atoms with Crippen LogP contribution in [0.3, 0.4) is 0 Å². The van der Waals surface area contributed by atoms with E-state index < -0.39 is 11.2 Å². The van der Waals surface area contributed by atoms with E-state index in [4.69, 9.17) is 0 Å². The number of aromatic nitrogens is 3. The van der Waals surface area contributed by atoms with Crippen LogP contribution in [-0.4, -0.2) is 20.4 Å². The van der Waals surface area contributed by atoms with Crippen molar-refractivity contribution in [1.82, 2.24) is 19.9 Å². The maximum Gasteiger partial charge on any atom is 0.329 e. The maximum absolute atomic E-state index is 12.8. The minimum absolute atomic E-state index is 0.217. The Bertz CT molecular complexity index is 1370. The Labute approximate surface area is 172 Å². The van der Waals surface area contributed by atoms with Crippen LogP contribution in [0.2, 0.25) is 0 Å². The van der Waals surface area contributed by atoms with Gasteiger partial charge in [0.2, 0.25) is 0 Å². The Balaban J connectivity index is 1.63. The summed E-state index contributed by atoms with van der Waals surface area (Å²) in [6.45, 7) is 4.27. The van der Waals surface area contributed by atoms with Crippen molar-refractivity contribution in [2.24, 2.45) is 0 Å². The van der Waals surface area contributed by atoms with Gasteiger partial charge in [-0.05, 0) is 41.8 Å². The van der Waals surface area contributed by atoms with Gasteiger partial charge in [-0.2, -0.15) is 0 Å². The van der Waals surface area contributed by atoms with E-state index in [-0.39, 0.29) is 28.5 Å². The summed E-state index contributed by atoms with van der Waals surface area (Å²) in [5.41, 5.74) is 0.480. The fraction of sp³-hybridized carbons (Fsp3) is 0.217. The fourth-order valence-electron chi connectivity index (χ4n) is 3.56. The molecule has 0 spiro atoms. The Morgan fingerprint density at radius 1 is 1.13 bits per heavy atom. The van der Waals surface area contributed by atoms with E-state index in [0.717, 1.165) is 16.3 Å². The van der Waals surface area contributed by atoms with Gasteiger partial charge < -0.3 is 5.32 Å². The number of carbonyl (C=O) groups is 1. The second-order valence-electron chi connectivity index (χ2n) is 7.31. The lowest BCUT2D eigenvalue weighted by atomic mass is 10.0. The molecule has 0 aliphatic carbocycles. The van der Waals surface area contributed by atoms with Gasteiger partial charge in [0, 0.05) is 12.7 Å². The number of carbonyl (C=O) groups excluding carboxylic acids is 1. The SMILES string of the molecule is CCCn1c(=O)[nH]c(=O)c2cc(C(=O)N[C@@H](C)c3ccc4ccccc4c3)cnc21. The van der Waals surface area contributed by atoms with Gasteiger partial charge in [-0.25, -0.2) is 9.78 Å². The molecule has 1 atom stereocenters. The van der Waals surface area contributed by atoms with Crippen LogP contribution in [0.1, 0.15) is 42.2 Å². The molecule has 0 radical (unpaired) electrons. The van der Waals surface area contributed by atoms with Crippen molar-refractivity contribution >= 4 is 27.7 Å². The Morgan fingerprint density at radius 3 is 2.67 bits per heavy atom. The summed E-state index contributed by atoms with van der Waals surface area (Å²) in [6.07, 6.45) is 2.12. The molecule has 0 saturated carbocycles. The summed E-state index contributed by atoms with van der Waals surface area (Å²) < 4.78 is 1.41. The Morgan fingerprint density at radius 2 is 1.90 bits per heavy atom. The molecule has 4 rings (SSSR count). The predicted octanol–water partition coefficient (Wildman–Crippen LogP) is 3.14. The summed E-state index contributed by atoms with van der Waals surface area (Å²) >= 11 is 0. The minimum Gasteiger partial charge on any atom is -0.345 e. The van der Waals surface area contributed by atoms with E-state index in [0.29, 0.717) is 13.0 Å². The molecular formula is C23H22N4O3. The quantitative estimate of drug-likeness (QED) is 0.536. The molecule has 0 saturated heterocycles. The number of nitrogens with zero attached hydrogens (tertiary/aromatic N) is 2. The number of amides is 1. The molecule has 4 aromatic rings. The zero-order valence-electron chi connectivity index (χ0n) is 16.8. The highest BCUT2D eigenvalue weighted by molar-refractivity contribution is 5.97. The lowest BCUT2D eigenvalue weighted by Gasteiger charge is -2.15. The molecule has 2 aromatic heterocycles. The monoisotopic (exact) mass is 402 g/mol. The number of rotatable bonds is 5. The number of hydrogen-bond donors (Lipinski definition) is 2. The second kappa shape index (κ2) is 7.94. The van der Waals surface area contributed by atoms with Gasteiger partial charge in [0.15, 0.2) is 0 Å². The molecule has 152 valence electrons. The van der Waals surface area contributed by atoms with E-state index in [1.54, 1.807) is 0 Å². The molecule has 7 nitrogen and oxygen atoms in total. The average molecular weight is 402 g/mol. The summed E-state index contributed by atoms with van der Waals surface area (Å²) in [5, 5.41) is 5.41. The van der Waals surface area contributed by atoms with Crippen LogP contribution in [0.25, 0.3) is 21.8 Å². The smallest absolute Gasteiger partial charge is 0.329 e. The third-order valence-electron chi connectivity index (χ3n) is 5.16. The first kappa shape index (κ1) is 19.6. The van der Waals surface area contributed by atoms with Gasteiger partial charge in [-0.15, -0.1) is 0 Å². The maximum atomic E-state index is 12.8. The standard InChI is InChI=1S/C23H22N4O3/c1-3-10-27-20-19(22(29)26-23(27)30)12-18(13-24-20)21(28)25-14(2)16-9-8-15-6-4-5-7-17(15)11-16/h4-9,11-14H,3,10H2,1-2H3,(H,25,28)(H,26,29,30)/t14-/m0/s1. The topological polar surface area (TPSA) is 96.9 Å². The Hall–Kier alpha value is -3.74. The molecule has 0 aliphatic rings. The van der Waals surface area contributed by atoms with Gasteiger partial charge in [0.1, 0.15) is 5.65 Å². The molecule has 30 heavy (non-hydrogen) atoms. The molecular weight excluding hydrogens is 380 g/mol. The van der Waals surface area contributed by atoms with Crippen LogP contribution >= 0.6 is 0 Å². The number of nitrogens with one attached hydrogen (secondary N) is 2. The molecule has 1 amide bonds. The zero-order chi connectivity index (χ0) is 21.3. The number of hydrogen-bond acceptors (Lipinski definition) is 4. The molecule has 2 aromatic carbocycles. The van der Waals surface area contributed by atoms with Crippen molar-refractivity contribution in [1.29, 1.82) is 0 Å². The highest BCUT2D eigenvalue weighted by Crippen LogP contribution is 2.20. The predicted molar refractivity (Wildman–Crippen MR) is 117 cm³/mol. The summed E-state index contributed by atoms with van der Waals surface area (Å²) in [6, 6.07) is 15.3. The molecule has 2 heterocycles. The van der Waals surface area contributed by atoms with E-state index in [9.17, 15) is 14.4 Å². The molecule has 0 aliphatic heterocycles. The highest BCUT2D eigenvalue weighted by Gasteiger charge is 2.15. The summed E-state index contributed by atoms with van der Waals surface area (Å²) in [7, 11) is 0. The van der Waals surface area contributed by atoms with Crippen molar-refractivity contribution < 1.29 is 4.79 Å². The van der Waals surface area contributed by atoms with Crippen molar-refractivity contribution in [3.05, 3.63) is 86.7 Å². The molecule has 0 unspecified atom stereocenters. The molecule has 0 bridgehead atoms. The van der Waals surface area contributed by atoms with Crippen molar-refractivity contribution in [2.45, 2.75) is 32.9 Å². The second-order valence-corrected chi connectivity index (χ2v) is 7.31. The van der Waals surface area contributed by atoms with Crippen LogP contribution in [0, 0.1) is 0 Å². The number of aromatic amines is 1. The van der Waals surface area contributed by atoms with Crippen LogP contribution in [0.15, 0.2) is 64.3 Å². The van der Waals surface area contributed by atoms with Crippen LogP contribution < -0.4 is 16.6 Å². The number of pyridine rings is 1. The zero-order valence-corrected chi connectivity index (χ0v) is 16.8. The van der Waals surface area contributed by atoms with E-state index >= 15 is 0 Å². The minimum atomic E-state index is -0.549.